The fourth-order valence-corrected chi connectivity index (χ4v) is 3.10. The van der Waals surface area contributed by atoms with Crippen LogP contribution >= 0.6 is 11.6 Å². The van der Waals surface area contributed by atoms with Crippen LogP contribution in [0.2, 0.25) is 5.02 Å². The van der Waals surface area contributed by atoms with Gasteiger partial charge in [-0.2, -0.15) is 0 Å². The number of nitrogens with one attached hydrogen (secondary N) is 1. The number of fused-ring (bicyclic) bond motifs is 1. The van der Waals surface area contributed by atoms with E-state index < -0.39 is 6.17 Å². The molecular weight excluding hydrogens is 312 g/mol. The molecule has 2 aromatic rings. The summed E-state index contributed by atoms with van der Waals surface area (Å²) in [6, 6.07) is 12.5. The van der Waals surface area contributed by atoms with Gasteiger partial charge in [-0.3, -0.25) is 4.79 Å². The van der Waals surface area contributed by atoms with Gasteiger partial charge in [0, 0.05) is 17.8 Å². The van der Waals surface area contributed by atoms with Gasteiger partial charge >= 0.3 is 0 Å². The van der Waals surface area contributed by atoms with Crippen molar-refractivity contribution in [3.05, 3.63) is 58.6 Å². The molecule has 1 atom stereocenters. The lowest BCUT2D eigenvalue weighted by Crippen LogP contribution is -2.44. The first-order chi connectivity index (χ1) is 11.0. The molecule has 4 nitrogen and oxygen atoms in total. The van der Waals surface area contributed by atoms with Crippen molar-refractivity contribution in [1.29, 1.82) is 0 Å². The van der Waals surface area contributed by atoms with E-state index in [0.29, 0.717) is 23.6 Å². The normalized spacial score (nSPS) is 17.1. The molecule has 1 aliphatic rings. The Bertz CT molecular complexity index is 746. The first-order valence-electron chi connectivity index (χ1n) is 7.63. The number of para-hydroxylation sites is 1. The van der Waals surface area contributed by atoms with E-state index in [-0.39, 0.29) is 16.7 Å². The predicted molar refractivity (Wildman–Crippen MR) is 91.8 cm³/mol. The van der Waals surface area contributed by atoms with Crippen LogP contribution in [0.25, 0.3) is 0 Å². The summed E-state index contributed by atoms with van der Waals surface area (Å²) in [6.45, 7) is 4.72. The van der Waals surface area contributed by atoms with Gasteiger partial charge in [0.15, 0.2) is 0 Å². The molecule has 1 heterocycles. The van der Waals surface area contributed by atoms with Gasteiger partial charge in [0.1, 0.15) is 11.9 Å². The van der Waals surface area contributed by atoms with Crippen LogP contribution in [0.3, 0.4) is 0 Å². The summed E-state index contributed by atoms with van der Waals surface area (Å²) in [4.78, 5) is 14.7. The number of amides is 1. The van der Waals surface area contributed by atoms with Crippen LogP contribution in [0.15, 0.2) is 42.5 Å². The third kappa shape index (κ3) is 2.86. The molecule has 0 aromatic heterocycles. The van der Waals surface area contributed by atoms with Gasteiger partial charge in [-0.15, -0.1) is 0 Å². The highest BCUT2D eigenvalue weighted by atomic mass is 35.5. The number of benzene rings is 2. The number of carbonyl (C=O) groups is 1. The number of carbonyl (C=O) groups excluding carboxylic acids is 1. The van der Waals surface area contributed by atoms with E-state index in [9.17, 15) is 9.90 Å². The van der Waals surface area contributed by atoms with Crippen LogP contribution in [0.1, 0.15) is 35.9 Å². The Morgan fingerprint density at radius 1 is 1.22 bits per heavy atom. The fourth-order valence-electron chi connectivity index (χ4n) is 2.87. The molecule has 2 aromatic carbocycles. The number of phenols is 1. The van der Waals surface area contributed by atoms with Crippen molar-refractivity contribution in [2.75, 3.05) is 11.9 Å². The highest BCUT2D eigenvalue weighted by Gasteiger charge is 2.34. The van der Waals surface area contributed by atoms with Gasteiger partial charge in [0.25, 0.3) is 5.91 Å². The Balaban J connectivity index is 2.10. The minimum Gasteiger partial charge on any atom is -0.506 e. The first kappa shape index (κ1) is 15.7. The van der Waals surface area contributed by atoms with E-state index in [1.54, 1.807) is 11.0 Å². The number of hydrogen-bond donors (Lipinski definition) is 2. The van der Waals surface area contributed by atoms with Gasteiger partial charge in [-0.05, 0) is 24.1 Å². The molecule has 0 aliphatic carbocycles. The SMILES string of the molecule is CC(C)CN1C(=O)c2ccccc2NC1c1cccc(O)c1Cl. The second-order valence-corrected chi connectivity index (χ2v) is 6.50. The molecule has 1 unspecified atom stereocenters. The van der Waals surface area contributed by atoms with Gasteiger partial charge in [-0.25, -0.2) is 0 Å². The molecular formula is C18H19ClN2O2. The Morgan fingerprint density at radius 3 is 2.70 bits per heavy atom. The van der Waals surface area contributed by atoms with Crippen LogP contribution < -0.4 is 5.32 Å². The summed E-state index contributed by atoms with van der Waals surface area (Å²) in [5.74, 6) is 0.295. The Hall–Kier alpha value is -2.20. The monoisotopic (exact) mass is 330 g/mol. The van der Waals surface area contributed by atoms with Gasteiger partial charge in [0.2, 0.25) is 0 Å². The molecule has 0 spiro atoms. The summed E-state index contributed by atoms with van der Waals surface area (Å²) < 4.78 is 0. The van der Waals surface area contributed by atoms with E-state index in [0.717, 1.165) is 5.69 Å². The largest absolute Gasteiger partial charge is 0.506 e. The molecule has 0 saturated heterocycles. The number of phenolic OH excluding ortho intramolecular Hbond substituents is 1. The summed E-state index contributed by atoms with van der Waals surface area (Å²) >= 11 is 6.28. The third-order valence-corrected chi connectivity index (χ3v) is 4.30. The van der Waals surface area contributed by atoms with Gasteiger partial charge in [-0.1, -0.05) is 49.7 Å². The number of rotatable bonds is 3. The summed E-state index contributed by atoms with van der Waals surface area (Å²) in [6.07, 6.45) is -0.403. The van der Waals surface area contributed by atoms with Crippen molar-refractivity contribution >= 4 is 23.2 Å². The van der Waals surface area contributed by atoms with Crippen LogP contribution in [0.4, 0.5) is 5.69 Å². The molecule has 1 amide bonds. The lowest BCUT2D eigenvalue weighted by atomic mass is 10.0. The minimum atomic E-state index is -0.403. The molecule has 0 fully saturated rings. The quantitative estimate of drug-likeness (QED) is 0.883. The molecule has 0 saturated carbocycles. The van der Waals surface area contributed by atoms with E-state index in [1.807, 2.05) is 30.3 Å². The zero-order valence-corrected chi connectivity index (χ0v) is 13.8. The maximum Gasteiger partial charge on any atom is 0.257 e. The van der Waals surface area contributed by atoms with Gasteiger partial charge in [0.05, 0.1) is 10.6 Å². The number of aromatic hydroxyl groups is 1. The number of nitrogens with zero attached hydrogens (tertiary/aromatic N) is 1. The fraction of sp³-hybridized carbons (Fsp3) is 0.278. The lowest BCUT2D eigenvalue weighted by Gasteiger charge is -2.39. The van der Waals surface area contributed by atoms with E-state index >= 15 is 0 Å². The standard InChI is InChI=1S/C18H19ClN2O2/c1-11(2)10-21-17(13-7-5-9-15(22)16(13)19)20-14-8-4-3-6-12(14)18(21)23/h3-9,11,17,20,22H,10H2,1-2H3. The van der Waals surface area contributed by atoms with Crippen LogP contribution in [0.5, 0.6) is 5.75 Å². The summed E-state index contributed by atoms with van der Waals surface area (Å²) in [7, 11) is 0. The summed E-state index contributed by atoms with van der Waals surface area (Å²) in [5.41, 5.74) is 2.12. The number of halogens is 1. The van der Waals surface area contributed by atoms with Crippen molar-refractivity contribution in [2.45, 2.75) is 20.0 Å². The topological polar surface area (TPSA) is 52.6 Å². The average molecular weight is 331 g/mol. The second kappa shape index (κ2) is 6.13. The Kier molecular flexibility index (Phi) is 4.18. The smallest absolute Gasteiger partial charge is 0.257 e. The predicted octanol–water partition coefficient (Wildman–Crippen LogP) is 4.27. The average Bonchev–Trinajstić information content (AvgIpc) is 2.52. The molecule has 23 heavy (non-hydrogen) atoms. The Labute approximate surface area is 140 Å². The van der Waals surface area contributed by atoms with E-state index in [2.05, 4.69) is 19.2 Å². The molecule has 2 N–H and O–H groups in total. The molecule has 5 heteroatoms. The summed E-state index contributed by atoms with van der Waals surface area (Å²) in [5, 5.41) is 13.5. The molecule has 0 bridgehead atoms. The highest BCUT2D eigenvalue weighted by Crippen LogP contribution is 2.38. The van der Waals surface area contributed by atoms with Crippen molar-refractivity contribution in [2.24, 2.45) is 5.92 Å². The molecule has 1 aliphatic heterocycles. The minimum absolute atomic E-state index is 0.0155. The lowest BCUT2D eigenvalue weighted by molar-refractivity contribution is 0.0657. The molecule has 0 radical (unpaired) electrons. The van der Waals surface area contributed by atoms with Crippen molar-refractivity contribution < 1.29 is 9.90 Å². The van der Waals surface area contributed by atoms with E-state index in [1.165, 1.54) is 6.07 Å². The highest BCUT2D eigenvalue weighted by molar-refractivity contribution is 6.32. The van der Waals surface area contributed by atoms with Crippen LogP contribution in [0, 0.1) is 5.92 Å². The van der Waals surface area contributed by atoms with Gasteiger partial charge < -0.3 is 15.3 Å². The maximum absolute atomic E-state index is 12.9. The van der Waals surface area contributed by atoms with Crippen LogP contribution in [-0.2, 0) is 0 Å². The second-order valence-electron chi connectivity index (χ2n) is 6.12. The Morgan fingerprint density at radius 2 is 1.96 bits per heavy atom. The van der Waals surface area contributed by atoms with Crippen LogP contribution in [-0.4, -0.2) is 22.5 Å². The van der Waals surface area contributed by atoms with E-state index in [4.69, 9.17) is 11.6 Å². The molecule has 3 rings (SSSR count). The number of anilines is 1. The maximum atomic E-state index is 12.9. The third-order valence-electron chi connectivity index (χ3n) is 3.89. The zero-order valence-electron chi connectivity index (χ0n) is 13.1. The first-order valence-corrected chi connectivity index (χ1v) is 8.00. The zero-order chi connectivity index (χ0) is 16.6. The van der Waals surface area contributed by atoms with Crippen molar-refractivity contribution in [3.8, 4) is 5.75 Å². The van der Waals surface area contributed by atoms with Crippen molar-refractivity contribution in [1.82, 2.24) is 4.90 Å². The van der Waals surface area contributed by atoms with Crippen molar-refractivity contribution in [3.63, 3.8) is 0 Å². The number of hydrogen-bond acceptors (Lipinski definition) is 3. The molecule has 120 valence electrons.